The van der Waals surface area contributed by atoms with Crippen molar-refractivity contribution in [2.75, 3.05) is 18.4 Å². The SMILES string of the molecule is CC(C)(CN)CN(Cc1ccc(NC(=O)c2ccccc2Br)cc1)C(=O)C1CC1. The average molecular weight is 458 g/mol. The molecule has 2 aromatic carbocycles. The quantitative estimate of drug-likeness (QED) is 0.615. The zero-order chi connectivity index (χ0) is 21.0. The molecule has 1 aliphatic carbocycles. The van der Waals surface area contributed by atoms with Gasteiger partial charge in [0.25, 0.3) is 5.91 Å². The van der Waals surface area contributed by atoms with E-state index in [9.17, 15) is 9.59 Å². The Morgan fingerprint density at radius 1 is 1.14 bits per heavy atom. The molecule has 5 nitrogen and oxygen atoms in total. The third-order valence-corrected chi connectivity index (χ3v) is 5.80. The molecule has 0 atom stereocenters. The molecule has 0 heterocycles. The van der Waals surface area contributed by atoms with Crippen LogP contribution >= 0.6 is 15.9 Å². The topological polar surface area (TPSA) is 75.4 Å². The zero-order valence-electron chi connectivity index (χ0n) is 17.0. The van der Waals surface area contributed by atoms with E-state index in [0.717, 1.165) is 28.6 Å². The van der Waals surface area contributed by atoms with Gasteiger partial charge in [0.1, 0.15) is 0 Å². The van der Waals surface area contributed by atoms with Crippen LogP contribution in [0.1, 0.15) is 42.6 Å². The summed E-state index contributed by atoms with van der Waals surface area (Å²) in [6.45, 7) is 5.89. The summed E-state index contributed by atoms with van der Waals surface area (Å²) in [5.41, 5.74) is 8.10. The van der Waals surface area contributed by atoms with E-state index in [1.807, 2.05) is 47.4 Å². The number of hydrogen-bond acceptors (Lipinski definition) is 3. The first-order chi connectivity index (χ1) is 13.8. The monoisotopic (exact) mass is 457 g/mol. The molecule has 0 aliphatic heterocycles. The minimum absolute atomic E-state index is 0.123. The Hall–Kier alpha value is -2.18. The molecule has 0 aromatic heterocycles. The van der Waals surface area contributed by atoms with Gasteiger partial charge in [0.2, 0.25) is 5.91 Å². The standard InChI is InChI=1S/C23H28BrN3O2/c1-23(2,14-25)15-27(22(29)17-9-10-17)13-16-7-11-18(12-8-16)26-21(28)19-5-3-4-6-20(19)24/h3-8,11-12,17H,9-10,13-15,25H2,1-2H3,(H,26,28). The Morgan fingerprint density at radius 2 is 1.79 bits per heavy atom. The van der Waals surface area contributed by atoms with Crippen LogP contribution in [0.15, 0.2) is 53.0 Å². The van der Waals surface area contributed by atoms with Crippen LogP contribution in [-0.2, 0) is 11.3 Å². The number of nitrogens with two attached hydrogens (primary N) is 1. The maximum absolute atomic E-state index is 12.7. The summed E-state index contributed by atoms with van der Waals surface area (Å²) in [5, 5.41) is 2.91. The zero-order valence-corrected chi connectivity index (χ0v) is 18.5. The fourth-order valence-electron chi connectivity index (χ4n) is 3.14. The van der Waals surface area contributed by atoms with Gasteiger partial charge in [-0.05, 0) is 70.6 Å². The number of nitrogens with zero attached hydrogens (tertiary/aromatic N) is 1. The van der Waals surface area contributed by atoms with Gasteiger partial charge in [-0.1, -0.05) is 38.1 Å². The van der Waals surface area contributed by atoms with E-state index in [1.165, 1.54) is 0 Å². The Labute approximate surface area is 180 Å². The number of amides is 2. The number of nitrogens with one attached hydrogen (secondary N) is 1. The predicted molar refractivity (Wildman–Crippen MR) is 120 cm³/mol. The van der Waals surface area contributed by atoms with E-state index in [-0.39, 0.29) is 23.1 Å². The summed E-state index contributed by atoms with van der Waals surface area (Å²) < 4.78 is 0.755. The number of rotatable bonds is 8. The van der Waals surface area contributed by atoms with Crippen LogP contribution in [0.5, 0.6) is 0 Å². The fraction of sp³-hybridized carbons (Fsp3) is 0.391. The summed E-state index contributed by atoms with van der Waals surface area (Å²) >= 11 is 3.40. The number of carbonyl (C=O) groups excluding carboxylic acids is 2. The van der Waals surface area contributed by atoms with E-state index in [2.05, 4.69) is 35.1 Å². The lowest BCUT2D eigenvalue weighted by molar-refractivity contribution is -0.134. The van der Waals surface area contributed by atoms with Gasteiger partial charge in [0, 0.05) is 29.2 Å². The second-order valence-electron chi connectivity index (χ2n) is 8.47. The number of halogens is 1. The minimum atomic E-state index is -0.166. The normalized spacial score (nSPS) is 13.8. The summed E-state index contributed by atoms with van der Waals surface area (Å²) in [4.78, 5) is 27.1. The molecular formula is C23H28BrN3O2. The molecule has 1 aliphatic rings. The third-order valence-electron chi connectivity index (χ3n) is 5.11. The largest absolute Gasteiger partial charge is 0.338 e. The first-order valence-corrected chi connectivity index (χ1v) is 10.7. The smallest absolute Gasteiger partial charge is 0.256 e. The van der Waals surface area contributed by atoms with Gasteiger partial charge >= 0.3 is 0 Å². The number of benzene rings is 2. The fourth-order valence-corrected chi connectivity index (χ4v) is 3.60. The van der Waals surface area contributed by atoms with Crippen molar-refractivity contribution in [3.63, 3.8) is 0 Å². The van der Waals surface area contributed by atoms with Gasteiger partial charge in [-0.25, -0.2) is 0 Å². The van der Waals surface area contributed by atoms with Gasteiger partial charge in [-0.3, -0.25) is 9.59 Å². The highest BCUT2D eigenvalue weighted by molar-refractivity contribution is 9.10. The van der Waals surface area contributed by atoms with E-state index in [0.29, 0.717) is 25.2 Å². The van der Waals surface area contributed by atoms with Crippen LogP contribution in [0.2, 0.25) is 0 Å². The molecule has 3 N–H and O–H groups in total. The molecule has 154 valence electrons. The van der Waals surface area contributed by atoms with Crippen molar-refractivity contribution in [1.29, 1.82) is 0 Å². The van der Waals surface area contributed by atoms with Crippen LogP contribution < -0.4 is 11.1 Å². The van der Waals surface area contributed by atoms with E-state index in [1.54, 1.807) is 6.07 Å². The maximum Gasteiger partial charge on any atom is 0.256 e. The molecule has 0 bridgehead atoms. The van der Waals surface area contributed by atoms with Crippen LogP contribution in [0.25, 0.3) is 0 Å². The second-order valence-corrected chi connectivity index (χ2v) is 9.32. The number of hydrogen-bond donors (Lipinski definition) is 2. The molecular weight excluding hydrogens is 430 g/mol. The van der Waals surface area contributed by atoms with Crippen molar-refractivity contribution in [3.8, 4) is 0 Å². The second kappa shape index (κ2) is 9.09. The molecule has 3 rings (SSSR count). The predicted octanol–water partition coefficient (Wildman–Crippen LogP) is 4.42. The van der Waals surface area contributed by atoms with Crippen molar-refractivity contribution in [1.82, 2.24) is 4.90 Å². The van der Waals surface area contributed by atoms with Gasteiger partial charge in [-0.2, -0.15) is 0 Å². The van der Waals surface area contributed by atoms with E-state index >= 15 is 0 Å². The lowest BCUT2D eigenvalue weighted by Gasteiger charge is -2.32. The molecule has 0 saturated heterocycles. The highest BCUT2D eigenvalue weighted by atomic mass is 79.9. The van der Waals surface area contributed by atoms with Crippen molar-refractivity contribution in [3.05, 3.63) is 64.1 Å². The van der Waals surface area contributed by atoms with Gasteiger partial charge in [0.05, 0.1) is 5.56 Å². The van der Waals surface area contributed by atoms with Crippen molar-refractivity contribution >= 4 is 33.4 Å². The highest BCUT2D eigenvalue weighted by Crippen LogP contribution is 2.32. The van der Waals surface area contributed by atoms with Crippen LogP contribution in [0, 0.1) is 11.3 Å². The molecule has 0 unspecified atom stereocenters. The van der Waals surface area contributed by atoms with Crippen molar-refractivity contribution in [2.45, 2.75) is 33.2 Å². The molecule has 1 saturated carbocycles. The van der Waals surface area contributed by atoms with Crippen molar-refractivity contribution in [2.24, 2.45) is 17.1 Å². The minimum Gasteiger partial charge on any atom is -0.338 e. The summed E-state index contributed by atoms with van der Waals surface area (Å²) in [6.07, 6.45) is 1.97. The lowest BCUT2D eigenvalue weighted by atomic mass is 9.92. The molecule has 2 amide bonds. The van der Waals surface area contributed by atoms with Crippen LogP contribution in [-0.4, -0.2) is 29.8 Å². The molecule has 29 heavy (non-hydrogen) atoms. The Bertz CT molecular complexity index is 876. The van der Waals surface area contributed by atoms with Crippen LogP contribution in [0.3, 0.4) is 0 Å². The van der Waals surface area contributed by atoms with E-state index in [4.69, 9.17) is 5.73 Å². The van der Waals surface area contributed by atoms with Gasteiger partial charge in [-0.15, -0.1) is 0 Å². The lowest BCUT2D eigenvalue weighted by Crippen LogP contribution is -2.42. The molecule has 0 radical (unpaired) electrons. The summed E-state index contributed by atoms with van der Waals surface area (Å²) in [7, 11) is 0. The summed E-state index contributed by atoms with van der Waals surface area (Å²) in [5.74, 6) is 0.227. The molecule has 6 heteroatoms. The highest BCUT2D eigenvalue weighted by Gasteiger charge is 2.35. The Kier molecular flexibility index (Phi) is 6.75. The molecule has 1 fully saturated rings. The third kappa shape index (κ3) is 5.90. The van der Waals surface area contributed by atoms with Crippen molar-refractivity contribution < 1.29 is 9.59 Å². The number of carbonyl (C=O) groups is 2. The molecule has 0 spiro atoms. The number of anilines is 1. The maximum atomic E-state index is 12.7. The van der Waals surface area contributed by atoms with Gasteiger partial charge < -0.3 is 16.0 Å². The van der Waals surface area contributed by atoms with Gasteiger partial charge in [0.15, 0.2) is 0 Å². The van der Waals surface area contributed by atoms with E-state index < -0.39 is 0 Å². The first-order valence-electron chi connectivity index (χ1n) is 9.93. The van der Waals surface area contributed by atoms with Crippen LogP contribution in [0.4, 0.5) is 5.69 Å². The summed E-state index contributed by atoms with van der Waals surface area (Å²) in [6, 6.07) is 15.0. The molecule has 2 aromatic rings. The Morgan fingerprint density at radius 3 is 2.38 bits per heavy atom. The first kappa shape index (κ1) is 21.5. The Balaban J connectivity index is 1.67. The average Bonchev–Trinajstić information content (AvgIpc) is 3.54.